The summed E-state index contributed by atoms with van der Waals surface area (Å²) in [7, 11) is 0. The molecule has 0 radical (unpaired) electrons. The van der Waals surface area contributed by atoms with Crippen molar-refractivity contribution in [2.45, 2.75) is 18.9 Å². The van der Waals surface area contributed by atoms with Crippen LogP contribution in [0.2, 0.25) is 0 Å². The third-order valence-corrected chi connectivity index (χ3v) is 3.35. The predicted molar refractivity (Wildman–Crippen MR) is 76.9 cm³/mol. The van der Waals surface area contributed by atoms with Gasteiger partial charge < -0.3 is 5.32 Å². The van der Waals surface area contributed by atoms with Crippen molar-refractivity contribution < 1.29 is 14.4 Å². The molecule has 1 aromatic carbocycles. The van der Waals surface area contributed by atoms with Gasteiger partial charge >= 0.3 is 0 Å². The first kappa shape index (κ1) is 14.7. The summed E-state index contributed by atoms with van der Waals surface area (Å²) in [5.74, 6) is -0.893. The second-order valence-corrected chi connectivity index (χ2v) is 5.36. The van der Waals surface area contributed by atoms with E-state index in [0.717, 1.165) is 4.47 Å². The maximum atomic E-state index is 11.7. The zero-order chi connectivity index (χ0) is 14.5. The lowest BCUT2D eigenvalue weighted by Crippen LogP contribution is -2.52. The molecule has 0 spiro atoms. The molecule has 7 heteroatoms. The Morgan fingerprint density at radius 3 is 2.90 bits per heavy atom. The summed E-state index contributed by atoms with van der Waals surface area (Å²) in [5, 5.41) is 7.79. The van der Waals surface area contributed by atoms with Crippen LogP contribution in [0, 0.1) is 0 Å². The van der Waals surface area contributed by atoms with Crippen LogP contribution in [0.3, 0.4) is 0 Å². The van der Waals surface area contributed by atoms with Crippen molar-refractivity contribution in [1.29, 1.82) is 0 Å². The van der Waals surface area contributed by atoms with Gasteiger partial charge in [-0.15, -0.1) is 0 Å². The number of imide groups is 1. The van der Waals surface area contributed by atoms with Crippen LogP contribution < -0.4 is 16.0 Å². The first-order chi connectivity index (χ1) is 9.54. The smallest absolute Gasteiger partial charge is 0.243 e. The number of hydrogen-bond acceptors (Lipinski definition) is 4. The molecule has 1 saturated heterocycles. The number of benzene rings is 1. The predicted octanol–water partition coefficient (Wildman–Crippen LogP) is 0.782. The molecule has 0 bridgehead atoms. The van der Waals surface area contributed by atoms with Crippen LogP contribution in [-0.2, 0) is 14.4 Å². The van der Waals surface area contributed by atoms with Gasteiger partial charge in [0.15, 0.2) is 0 Å². The number of carbonyl (C=O) groups is 3. The van der Waals surface area contributed by atoms with Gasteiger partial charge in [0.2, 0.25) is 17.7 Å². The van der Waals surface area contributed by atoms with Crippen LogP contribution in [0.15, 0.2) is 28.7 Å². The van der Waals surface area contributed by atoms with Crippen molar-refractivity contribution in [2.24, 2.45) is 0 Å². The molecule has 6 nitrogen and oxygen atoms in total. The van der Waals surface area contributed by atoms with E-state index in [1.165, 1.54) is 0 Å². The summed E-state index contributed by atoms with van der Waals surface area (Å²) in [6, 6.07) is 6.73. The molecule has 1 atom stereocenters. The molecule has 3 amide bonds. The molecule has 1 aliphatic rings. The van der Waals surface area contributed by atoms with Gasteiger partial charge in [0.1, 0.15) is 0 Å². The Hall–Kier alpha value is -1.73. The zero-order valence-electron chi connectivity index (χ0n) is 10.6. The summed E-state index contributed by atoms with van der Waals surface area (Å²) >= 11 is 3.32. The summed E-state index contributed by atoms with van der Waals surface area (Å²) in [5.41, 5.74) is 0.675. The molecule has 1 fully saturated rings. The molecule has 0 aliphatic carbocycles. The van der Waals surface area contributed by atoms with Crippen molar-refractivity contribution in [3.63, 3.8) is 0 Å². The van der Waals surface area contributed by atoms with Crippen molar-refractivity contribution in [1.82, 2.24) is 10.6 Å². The van der Waals surface area contributed by atoms with E-state index in [1.54, 1.807) is 12.1 Å². The van der Waals surface area contributed by atoms with Gasteiger partial charge in [0.05, 0.1) is 12.6 Å². The average Bonchev–Trinajstić information content (AvgIpc) is 2.37. The molecule has 1 unspecified atom stereocenters. The second kappa shape index (κ2) is 6.62. The van der Waals surface area contributed by atoms with Crippen LogP contribution >= 0.6 is 15.9 Å². The average molecular weight is 340 g/mol. The molecule has 1 aliphatic heterocycles. The maximum Gasteiger partial charge on any atom is 0.243 e. The number of hydrogen-bond donors (Lipinski definition) is 3. The van der Waals surface area contributed by atoms with Gasteiger partial charge in [0.25, 0.3) is 0 Å². The summed E-state index contributed by atoms with van der Waals surface area (Å²) in [6.45, 7) is 0.0127. The number of carbonyl (C=O) groups excluding carboxylic acids is 3. The molecule has 1 aromatic rings. The Labute approximate surface area is 124 Å². The SMILES string of the molecule is O=C1CCC(NCC(=O)Nc2cccc(Br)c2)C(=O)N1. The summed E-state index contributed by atoms with van der Waals surface area (Å²) in [6.07, 6.45) is 0.700. The molecule has 3 N–H and O–H groups in total. The maximum absolute atomic E-state index is 11.7. The minimum absolute atomic E-state index is 0.0127. The van der Waals surface area contributed by atoms with Gasteiger partial charge in [0, 0.05) is 16.6 Å². The topological polar surface area (TPSA) is 87.3 Å². The molecule has 20 heavy (non-hydrogen) atoms. The fourth-order valence-electron chi connectivity index (χ4n) is 1.88. The Bertz CT molecular complexity index is 547. The Kier molecular flexibility index (Phi) is 4.86. The quantitative estimate of drug-likeness (QED) is 0.707. The highest BCUT2D eigenvalue weighted by Gasteiger charge is 2.26. The van der Waals surface area contributed by atoms with E-state index in [4.69, 9.17) is 0 Å². The molecular formula is C13H14BrN3O3. The van der Waals surface area contributed by atoms with Crippen molar-refractivity contribution in [3.05, 3.63) is 28.7 Å². The molecule has 1 heterocycles. The zero-order valence-corrected chi connectivity index (χ0v) is 12.2. The summed E-state index contributed by atoms with van der Waals surface area (Å²) in [4.78, 5) is 34.2. The van der Waals surface area contributed by atoms with Crippen LogP contribution in [0.1, 0.15) is 12.8 Å². The van der Waals surface area contributed by atoms with Gasteiger partial charge in [-0.1, -0.05) is 22.0 Å². The standard InChI is InChI=1S/C13H14BrN3O3/c14-8-2-1-3-9(6-8)16-12(19)7-15-10-4-5-11(18)17-13(10)20/h1-3,6,10,15H,4-5,7H2,(H,16,19)(H,17,18,20). The molecule has 0 aromatic heterocycles. The van der Waals surface area contributed by atoms with Gasteiger partial charge in [-0.2, -0.15) is 0 Å². The first-order valence-electron chi connectivity index (χ1n) is 6.17. The first-order valence-corrected chi connectivity index (χ1v) is 6.96. The number of anilines is 1. The summed E-state index contributed by atoms with van der Waals surface area (Å²) < 4.78 is 0.869. The van der Waals surface area contributed by atoms with Gasteiger partial charge in [-0.05, 0) is 24.6 Å². The van der Waals surface area contributed by atoms with E-state index in [-0.39, 0.29) is 30.7 Å². The highest BCUT2D eigenvalue weighted by atomic mass is 79.9. The normalized spacial score (nSPS) is 18.6. The number of halogens is 1. The Morgan fingerprint density at radius 1 is 1.40 bits per heavy atom. The number of nitrogens with one attached hydrogen (secondary N) is 3. The lowest BCUT2D eigenvalue weighted by Gasteiger charge is -2.21. The van der Waals surface area contributed by atoms with E-state index >= 15 is 0 Å². The monoisotopic (exact) mass is 339 g/mol. The largest absolute Gasteiger partial charge is 0.325 e. The molecule has 0 saturated carbocycles. The Balaban J connectivity index is 1.80. The third kappa shape index (κ3) is 4.14. The minimum Gasteiger partial charge on any atom is -0.325 e. The lowest BCUT2D eigenvalue weighted by molar-refractivity contribution is -0.134. The molecular weight excluding hydrogens is 326 g/mol. The molecule has 106 valence electrons. The lowest BCUT2D eigenvalue weighted by atomic mass is 10.1. The third-order valence-electron chi connectivity index (χ3n) is 2.86. The van der Waals surface area contributed by atoms with Crippen molar-refractivity contribution >= 4 is 39.3 Å². The number of amides is 3. The van der Waals surface area contributed by atoms with E-state index < -0.39 is 6.04 Å². The molecule has 2 rings (SSSR count). The van der Waals surface area contributed by atoms with E-state index in [9.17, 15) is 14.4 Å². The van der Waals surface area contributed by atoms with Crippen molar-refractivity contribution in [2.75, 3.05) is 11.9 Å². The second-order valence-electron chi connectivity index (χ2n) is 4.44. The van der Waals surface area contributed by atoms with Crippen LogP contribution in [0.4, 0.5) is 5.69 Å². The van der Waals surface area contributed by atoms with Crippen LogP contribution in [0.25, 0.3) is 0 Å². The van der Waals surface area contributed by atoms with Crippen molar-refractivity contribution in [3.8, 4) is 0 Å². The van der Waals surface area contributed by atoms with Crippen LogP contribution in [-0.4, -0.2) is 30.3 Å². The van der Waals surface area contributed by atoms with E-state index in [2.05, 4.69) is 31.9 Å². The fourth-order valence-corrected chi connectivity index (χ4v) is 2.27. The minimum atomic E-state index is -0.499. The van der Waals surface area contributed by atoms with E-state index in [1.807, 2.05) is 12.1 Å². The van der Waals surface area contributed by atoms with Crippen LogP contribution in [0.5, 0.6) is 0 Å². The van der Waals surface area contributed by atoms with Gasteiger partial charge in [-0.25, -0.2) is 0 Å². The van der Waals surface area contributed by atoms with Gasteiger partial charge in [-0.3, -0.25) is 25.0 Å². The number of rotatable bonds is 4. The van der Waals surface area contributed by atoms with E-state index in [0.29, 0.717) is 12.1 Å². The number of piperidine rings is 1. The highest BCUT2D eigenvalue weighted by Crippen LogP contribution is 2.15. The fraction of sp³-hybridized carbons (Fsp3) is 0.308. The highest BCUT2D eigenvalue weighted by molar-refractivity contribution is 9.10. The Morgan fingerprint density at radius 2 is 2.20 bits per heavy atom.